The van der Waals surface area contributed by atoms with E-state index in [1.165, 1.54) is 6.26 Å². The summed E-state index contributed by atoms with van der Waals surface area (Å²) in [5, 5.41) is 2.69. The molecule has 31 heavy (non-hydrogen) atoms. The first-order chi connectivity index (χ1) is 15.1. The molecule has 1 N–H and O–H groups in total. The number of amides is 3. The van der Waals surface area contributed by atoms with E-state index in [2.05, 4.69) is 5.32 Å². The summed E-state index contributed by atoms with van der Waals surface area (Å²) in [6.45, 7) is 1.63. The summed E-state index contributed by atoms with van der Waals surface area (Å²) >= 11 is 0. The van der Waals surface area contributed by atoms with Crippen LogP contribution in [0, 0.1) is 0 Å². The molecule has 0 bridgehead atoms. The molecular formula is C24H23N3O4. The molecule has 2 heterocycles. The zero-order valence-electron chi connectivity index (χ0n) is 17.0. The standard InChI is InChI=1S/C24H23N3O4/c28-22(26-12-14-27(15-13-26)24(30)21-7-4-16-31-21)17-25-23(29)20-10-8-19(9-11-20)18-5-2-1-3-6-18/h1-11,16H,12-15,17H2,(H,25,29). The minimum atomic E-state index is -0.292. The smallest absolute Gasteiger partial charge is 0.289 e. The lowest BCUT2D eigenvalue weighted by Crippen LogP contribution is -2.52. The van der Waals surface area contributed by atoms with Gasteiger partial charge in [-0.25, -0.2) is 0 Å². The van der Waals surface area contributed by atoms with Gasteiger partial charge in [0.05, 0.1) is 12.8 Å². The number of nitrogens with zero attached hydrogens (tertiary/aromatic N) is 2. The average Bonchev–Trinajstić information content (AvgIpc) is 3.38. The molecule has 1 aromatic heterocycles. The van der Waals surface area contributed by atoms with Crippen LogP contribution in [-0.4, -0.2) is 60.2 Å². The lowest BCUT2D eigenvalue weighted by Gasteiger charge is -2.34. The van der Waals surface area contributed by atoms with Crippen molar-refractivity contribution in [2.75, 3.05) is 32.7 Å². The maximum Gasteiger partial charge on any atom is 0.289 e. The topological polar surface area (TPSA) is 82.9 Å². The van der Waals surface area contributed by atoms with Crippen LogP contribution in [0.4, 0.5) is 0 Å². The van der Waals surface area contributed by atoms with E-state index in [4.69, 9.17) is 4.42 Å². The van der Waals surface area contributed by atoms with Crippen LogP contribution < -0.4 is 5.32 Å². The minimum absolute atomic E-state index is 0.0780. The number of hydrogen-bond acceptors (Lipinski definition) is 4. The van der Waals surface area contributed by atoms with Crippen molar-refractivity contribution in [3.8, 4) is 11.1 Å². The summed E-state index contributed by atoms with van der Waals surface area (Å²) in [6.07, 6.45) is 1.46. The quantitative estimate of drug-likeness (QED) is 0.692. The molecule has 4 rings (SSSR count). The second-order valence-electron chi connectivity index (χ2n) is 7.28. The highest BCUT2D eigenvalue weighted by Gasteiger charge is 2.26. The van der Waals surface area contributed by atoms with Gasteiger partial charge in [0.15, 0.2) is 5.76 Å². The minimum Gasteiger partial charge on any atom is -0.459 e. The fraction of sp³-hybridized carbons (Fsp3) is 0.208. The summed E-state index contributed by atoms with van der Waals surface area (Å²) in [5.74, 6) is -0.339. The van der Waals surface area contributed by atoms with Gasteiger partial charge in [0, 0.05) is 31.7 Å². The second kappa shape index (κ2) is 9.30. The van der Waals surface area contributed by atoms with Crippen LogP contribution in [0.3, 0.4) is 0 Å². The zero-order valence-corrected chi connectivity index (χ0v) is 17.0. The molecular weight excluding hydrogens is 394 g/mol. The van der Waals surface area contributed by atoms with Crippen molar-refractivity contribution in [1.82, 2.24) is 15.1 Å². The molecule has 1 fully saturated rings. The zero-order chi connectivity index (χ0) is 21.6. The van der Waals surface area contributed by atoms with Crippen molar-refractivity contribution < 1.29 is 18.8 Å². The van der Waals surface area contributed by atoms with E-state index < -0.39 is 0 Å². The lowest BCUT2D eigenvalue weighted by atomic mass is 10.0. The number of benzene rings is 2. The number of nitrogens with one attached hydrogen (secondary N) is 1. The van der Waals surface area contributed by atoms with Gasteiger partial charge >= 0.3 is 0 Å². The van der Waals surface area contributed by atoms with Crippen LogP contribution in [0.1, 0.15) is 20.9 Å². The lowest BCUT2D eigenvalue weighted by molar-refractivity contribution is -0.131. The average molecular weight is 417 g/mol. The molecule has 0 unspecified atom stereocenters. The number of carbonyl (C=O) groups excluding carboxylic acids is 3. The molecule has 2 aromatic carbocycles. The van der Waals surface area contributed by atoms with E-state index in [0.29, 0.717) is 37.5 Å². The number of hydrogen-bond donors (Lipinski definition) is 1. The Hall–Kier alpha value is -3.87. The van der Waals surface area contributed by atoms with E-state index >= 15 is 0 Å². The Balaban J connectivity index is 1.25. The van der Waals surface area contributed by atoms with Gasteiger partial charge in [-0.05, 0) is 35.4 Å². The van der Waals surface area contributed by atoms with Crippen molar-refractivity contribution in [2.45, 2.75) is 0 Å². The molecule has 0 saturated carbocycles. The molecule has 0 radical (unpaired) electrons. The fourth-order valence-corrected chi connectivity index (χ4v) is 3.53. The Bertz CT molecular complexity index is 1040. The molecule has 3 aromatic rings. The molecule has 7 heteroatoms. The number of carbonyl (C=O) groups is 3. The normalized spacial score (nSPS) is 13.7. The van der Waals surface area contributed by atoms with Crippen LogP contribution in [0.25, 0.3) is 11.1 Å². The highest BCUT2D eigenvalue weighted by Crippen LogP contribution is 2.19. The van der Waals surface area contributed by atoms with Gasteiger partial charge in [-0.15, -0.1) is 0 Å². The Kier molecular flexibility index (Phi) is 6.12. The van der Waals surface area contributed by atoms with Gasteiger partial charge in [-0.1, -0.05) is 42.5 Å². The Morgan fingerprint density at radius 1 is 0.774 bits per heavy atom. The molecule has 0 atom stereocenters. The van der Waals surface area contributed by atoms with Crippen molar-refractivity contribution in [1.29, 1.82) is 0 Å². The van der Waals surface area contributed by atoms with Gasteiger partial charge in [0.25, 0.3) is 11.8 Å². The molecule has 1 saturated heterocycles. The molecule has 7 nitrogen and oxygen atoms in total. The van der Waals surface area contributed by atoms with Gasteiger partial charge in [0.2, 0.25) is 5.91 Å². The van der Waals surface area contributed by atoms with Gasteiger partial charge in [0.1, 0.15) is 0 Å². The molecule has 158 valence electrons. The molecule has 0 spiro atoms. The first-order valence-corrected chi connectivity index (χ1v) is 10.2. The maximum absolute atomic E-state index is 12.5. The maximum atomic E-state index is 12.5. The molecule has 1 aliphatic heterocycles. The number of rotatable bonds is 5. The number of piperazine rings is 1. The Morgan fingerprint density at radius 2 is 1.42 bits per heavy atom. The first kappa shape index (κ1) is 20.4. The van der Waals surface area contributed by atoms with Crippen molar-refractivity contribution in [3.05, 3.63) is 84.3 Å². The highest BCUT2D eigenvalue weighted by molar-refractivity contribution is 5.97. The highest BCUT2D eigenvalue weighted by atomic mass is 16.3. The summed E-state index contributed by atoms with van der Waals surface area (Å²) in [4.78, 5) is 40.5. The first-order valence-electron chi connectivity index (χ1n) is 10.2. The van der Waals surface area contributed by atoms with E-state index in [1.807, 2.05) is 42.5 Å². The van der Waals surface area contributed by atoms with Gasteiger partial charge in [-0.3, -0.25) is 14.4 Å². The Labute approximate surface area is 180 Å². The molecule has 3 amide bonds. The van der Waals surface area contributed by atoms with Crippen LogP contribution in [0.5, 0.6) is 0 Å². The van der Waals surface area contributed by atoms with E-state index in [-0.39, 0.29) is 24.3 Å². The van der Waals surface area contributed by atoms with Crippen molar-refractivity contribution >= 4 is 17.7 Å². The predicted octanol–water partition coefficient (Wildman–Crippen LogP) is 2.66. The van der Waals surface area contributed by atoms with E-state index in [9.17, 15) is 14.4 Å². The van der Waals surface area contributed by atoms with Crippen LogP contribution in [0.15, 0.2) is 77.4 Å². The molecule has 1 aliphatic rings. The fourth-order valence-electron chi connectivity index (χ4n) is 3.53. The third-order valence-electron chi connectivity index (χ3n) is 5.31. The van der Waals surface area contributed by atoms with E-state index in [1.54, 1.807) is 34.1 Å². The van der Waals surface area contributed by atoms with Crippen molar-refractivity contribution in [2.24, 2.45) is 0 Å². The van der Waals surface area contributed by atoms with Gasteiger partial charge < -0.3 is 19.5 Å². The summed E-state index contributed by atoms with van der Waals surface area (Å²) < 4.78 is 5.14. The third kappa shape index (κ3) is 4.83. The predicted molar refractivity (Wildman–Crippen MR) is 115 cm³/mol. The second-order valence-corrected chi connectivity index (χ2v) is 7.28. The monoisotopic (exact) mass is 417 g/mol. The van der Waals surface area contributed by atoms with Crippen LogP contribution in [0.2, 0.25) is 0 Å². The largest absolute Gasteiger partial charge is 0.459 e. The third-order valence-corrected chi connectivity index (χ3v) is 5.31. The van der Waals surface area contributed by atoms with Crippen molar-refractivity contribution in [3.63, 3.8) is 0 Å². The van der Waals surface area contributed by atoms with Gasteiger partial charge in [-0.2, -0.15) is 0 Å². The molecule has 0 aliphatic carbocycles. The van der Waals surface area contributed by atoms with Crippen LogP contribution in [-0.2, 0) is 4.79 Å². The SMILES string of the molecule is O=C(NCC(=O)N1CCN(C(=O)c2ccco2)CC1)c1ccc(-c2ccccc2)cc1. The summed E-state index contributed by atoms with van der Waals surface area (Å²) in [7, 11) is 0. The summed E-state index contributed by atoms with van der Waals surface area (Å²) in [6, 6.07) is 20.5. The number of furan rings is 1. The summed E-state index contributed by atoms with van der Waals surface area (Å²) in [5.41, 5.74) is 2.60. The van der Waals surface area contributed by atoms with E-state index in [0.717, 1.165) is 11.1 Å². The Morgan fingerprint density at radius 3 is 2.06 bits per heavy atom. The van der Waals surface area contributed by atoms with Crippen LogP contribution >= 0.6 is 0 Å².